The number of ether oxygens (including phenoxy) is 1. The van der Waals surface area contributed by atoms with Gasteiger partial charge in [0.25, 0.3) is 0 Å². The Morgan fingerprint density at radius 2 is 1.79 bits per heavy atom. The predicted octanol–water partition coefficient (Wildman–Crippen LogP) is 3.64. The Hall–Kier alpha value is -2.03. The Kier molecular flexibility index (Phi) is 8.88. The van der Waals surface area contributed by atoms with Crippen LogP contribution in [-0.2, 0) is 9.53 Å². The quantitative estimate of drug-likeness (QED) is 0.561. The highest BCUT2D eigenvalue weighted by Crippen LogP contribution is 2.03. The lowest BCUT2D eigenvalue weighted by Gasteiger charge is -2.06. The number of hydrogen-bond donors (Lipinski definition) is 1. The summed E-state index contributed by atoms with van der Waals surface area (Å²) in [6.45, 7) is 11.2. The van der Waals surface area contributed by atoms with Gasteiger partial charge in [-0.05, 0) is 38.5 Å². The average Bonchev–Trinajstić information content (AvgIpc) is 2.32. The van der Waals surface area contributed by atoms with Gasteiger partial charge in [0, 0.05) is 18.3 Å². The zero-order valence-electron chi connectivity index (χ0n) is 12.2. The van der Waals surface area contributed by atoms with E-state index in [1.54, 1.807) is 0 Å². The van der Waals surface area contributed by atoms with E-state index in [-0.39, 0.29) is 12.6 Å². The van der Waals surface area contributed by atoms with E-state index in [9.17, 15) is 4.79 Å². The van der Waals surface area contributed by atoms with Crippen molar-refractivity contribution >= 4 is 5.97 Å². The summed E-state index contributed by atoms with van der Waals surface area (Å²) >= 11 is 0. The zero-order valence-corrected chi connectivity index (χ0v) is 12.2. The van der Waals surface area contributed by atoms with Gasteiger partial charge in [-0.3, -0.25) is 4.79 Å². The van der Waals surface area contributed by atoms with Crippen molar-refractivity contribution in [3.63, 3.8) is 0 Å². The molecule has 0 saturated heterocycles. The van der Waals surface area contributed by atoms with Crippen LogP contribution in [0.4, 0.5) is 0 Å². The van der Waals surface area contributed by atoms with E-state index in [2.05, 4.69) is 11.9 Å². The van der Waals surface area contributed by atoms with Crippen LogP contribution in [0.1, 0.15) is 27.7 Å². The van der Waals surface area contributed by atoms with Gasteiger partial charge in [-0.2, -0.15) is 0 Å². The van der Waals surface area contributed by atoms with Gasteiger partial charge >= 0.3 is 5.97 Å². The molecule has 3 nitrogen and oxygen atoms in total. The smallest absolute Gasteiger partial charge is 0.302 e. The van der Waals surface area contributed by atoms with E-state index < -0.39 is 0 Å². The number of esters is 1. The summed E-state index contributed by atoms with van der Waals surface area (Å²) in [6.07, 6.45) is 11.5. The first-order valence-electron chi connectivity index (χ1n) is 6.21. The molecular weight excluding hydrogens is 238 g/mol. The topological polar surface area (TPSA) is 38.3 Å². The highest BCUT2D eigenvalue weighted by molar-refractivity contribution is 5.66. The number of rotatable bonds is 7. The summed E-state index contributed by atoms with van der Waals surface area (Å²) < 4.78 is 4.99. The first-order chi connectivity index (χ1) is 8.99. The van der Waals surface area contributed by atoms with Gasteiger partial charge in [0.05, 0.1) is 0 Å². The van der Waals surface area contributed by atoms with E-state index in [1.807, 2.05) is 57.2 Å². The third kappa shape index (κ3) is 9.65. The molecule has 0 heterocycles. The van der Waals surface area contributed by atoms with E-state index >= 15 is 0 Å². The molecule has 0 aromatic heterocycles. The maximum absolute atomic E-state index is 10.8. The lowest BCUT2D eigenvalue weighted by Crippen LogP contribution is -2.07. The Morgan fingerprint density at radius 3 is 2.26 bits per heavy atom. The molecule has 0 spiro atoms. The van der Waals surface area contributed by atoms with Crippen LogP contribution in [0.3, 0.4) is 0 Å². The number of allylic oxidation sites excluding steroid dienone is 6. The number of nitrogens with one attached hydrogen (secondary N) is 1. The van der Waals surface area contributed by atoms with Crippen molar-refractivity contribution in [2.24, 2.45) is 0 Å². The number of hydrogen-bond acceptors (Lipinski definition) is 3. The fourth-order valence-corrected chi connectivity index (χ4v) is 1.31. The van der Waals surface area contributed by atoms with Gasteiger partial charge in [0.2, 0.25) is 0 Å². The fraction of sp³-hybridized carbons (Fsp3) is 0.312. The minimum absolute atomic E-state index is 0.270. The molecule has 0 aromatic rings. The summed E-state index contributed by atoms with van der Waals surface area (Å²) in [6, 6.07) is 0. The van der Waals surface area contributed by atoms with Crippen LogP contribution in [0.5, 0.6) is 0 Å². The number of carbonyl (C=O) groups is 1. The number of carbonyl (C=O) groups excluding carboxylic acids is 1. The van der Waals surface area contributed by atoms with E-state index in [4.69, 9.17) is 4.74 Å². The summed E-state index contributed by atoms with van der Waals surface area (Å²) in [5.41, 5.74) is 2.72. The molecule has 0 fully saturated rings. The van der Waals surface area contributed by atoms with Crippen LogP contribution in [-0.4, -0.2) is 12.6 Å². The summed E-state index contributed by atoms with van der Waals surface area (Å²) in [7, 11) is 0. The van der Waals surface area contributed by atoms with Crippen LogP contribution >= 0.6 is 0 Å². The third-order valence-electron chi connectivity index (χ3n) is 2.00. The van der Waals surface area contributed by atoms with Crippen molar-refractivity contribution in [2.75, 3.05) is 6.61 Å². The molecule has 0 amide bonds. The Balaban J connectivity index is 4.95. The predicted molar refractivity (Wildman–Crippen MR) is 80.4 cm³/mol. The lowest BCUT2D eigenvalue weighted by atomic mass is 10.2. The Bertz CT molecular complexity index is 426. The maximum Gasteiger partial charge on any atom is 0.302 e. The molecule has 0 atom stereocenters. The first-order valence-corrected chi connectivity index (χ1v) is 6.21. The molecule has 0 rings (SSSR count). The minimum atomic E-state index is -0.284. The normalized spacial score (nSPS) is 13.1. The molecule has 19 heavy (non-hydrogen) atoms. The lowest BCUT2D eigenvalue weighted by molar-refractivity contribution is -0.139. The molecule has 0 aliphatic heterocycles. The second-order valence-electron chi connectivity index (χ2n) is 4.05. The van der Waals surface area contributed by atoms with Crippen molar-refractivity contribution in [1.82, 2.24) is 5.32 Å². The van der Waals surface area contributed by atoms with Crippen LogP contribution < -0.4 is 5.32 Å². The molecule has 0 aromatic carbocycles. The fourth-order valence-electron chi connectivity index (χ4n) is 1.31. The molecule has 0 aliphatic carbocycles. The molecule has 0 aliphatic rings. The second kappa shape index (κ2) is 9.95. The molecular formula is C16H23NO2. The SMILES string of the molecule is C=C(C)NC(/C=C/C)=C/C=C(\C=C/C)COC(C)=O. The van der Waals surface area contributed by atoms with Crippen molar-refractivity contribution in [3.05, 3.63) is 60.0 Å². The summed E-state index contributed by atoms with van der Waals surface area (Å²) in [5.74, 6) is -0.284. The molecule has 104 valence electrons. The average molecular weight is 261 g/mol. The van der Waals surface area contributed by atoms with Gasteiger partial charge in [0.15, 0.2) is 0 Å². The maximum atomic E-state index is 10.8. The molecule has 0 radical (unpaired) electrons. The van der Waals surface area contributed by atoms with Gasteiger partial charge in [-0.25, -0.2) is 0 Å². The largest absolute Gasteiger partial charge is 0.461 e. The Labute approximate surface area is 116 Å². The van der Waals surface area contributed by atoms with Gasteiger partial charge < -0.3 is 10.1 Å². The van der Waals surface area contributed by atoms with E-state index in [1.165, 1.54) is 6.92 Å². The minimum Gasteiger partial charge on any atom is -0.461 e. The van der Waals surface area contributed by atoms with Crippen LogP contribution in [0.25, 0.3) is 0 Å². The van der Waals surface area contributed by atoms with E-state index in [0.29, 0.717) is 0 Å². The van der Waals surface area contributed by atoms with Crippen LogP contribution in [0, 0.1) is 0 Å². The van der Waals surface area contributed by atoms with Crippen molar-refractivity contribution in [2.45, 2.75) is 27.7 Å². The zero-order chi connectivity index (χ0) is 14.7. The highest BCUT2D eigenvalue weighted by atomic mass is 16.5. The molecule has 0 saturated carbocycles. The summed E-state index contributed by atoms with van der Waals surface area (Å²) in [5, 5.41) is 3.15. The van der Waals surface area contributed by atoms with Gasteiger partial charge in [0.1, 0.15) is 6.61 Å². The van der Waals surface area contributed by atoms with Crippen molar-refractivity contribution in [1.29, 1.82) is 0 Å². The molecule has 3 heteroatoms. The van der Waals surface area contributed by atoms with Crippen LogP contribution in [0.15, 0.2) is 60.0 Å². The first kappa shape index (κ1) is 17.0. The molecule has 0 bridgehead atoms. The molecule has 0 unspecified atom stereocenters. The van der Waals surface area contributed by atoms with Crippen LogP contribution in [0.2, 0.25) is 0 Å². The Morgan fingerprint density at radius 1 is 1.16 bits per heavy atom. The standard InChI is InChI=1S/C16H23NO2/c1-6-8-15(12-19-14(5)18)10-11-16(9-7-2)17-13(3)4/h6-11,17H,3,12H2,1-2,4-5H3/b8-6-,9-7+,15-10+,16-11+. The van der Waals surface area contributed by atoms with Crippen molar-refractivity contribution in [3.8, 4) is 0 Å². The molecule has 1 N–H and O–H groups in total. The highest BCUT2D eigenvalue weighted by Gasteiger charge is 1.96. The van der Waals surface area contributed by atoms with Crippen molar-refractivity contribution < 1.29 is 9.53 Å². The monoisotopic (exact) mass is 261 g/mol. The van der Waals surface area contributed by atoms with E-state index in [0.717, 1.165) is 17.0 Å². The second-order valence-corrected chi connectivity index (χ2v) is 4.05. The summed E-state index contributed by atoms with van der Waals surface area (Å²) in [4.78, 5) is 10.8. The van der Waals surface area contributed by atoms with Gasteiger partial charge in [-0.15, -0.1) is 0 Å². The van der Waals surface area contributed by atoms with Gasteiger partial charge in [-0.1, -0.05) is 30.9 Å². The third-order valence-corrected chi connectivity index (χ3v) is 2.00.